The first-order valence-electron chi connectivity index (χ1n) is 4.39. The minimum atomic E-state index is -0.478. The van der Waals surface area contributed by atoms with Crippen LogP contribution in [0.5, 0.6) is 0 Å². The Kier molecular flexibility index (Phi) is 5.22. The SMILES string of the molecule is C=CCCCCCC(C)(C)O. The quantitative estimate of drug-likeness (QED) is 0.463. The van der Waals surface area contributed by atoms with Crippen LogP contribution in [0, 0.1) is 0 Å². The van der Waals surface area contributed by atoms with Crippen molar-refractivity contribution in [2.75, 3.05) is 0 Å². The Morgan fingerprint density at radius 1 is 1.27 bits per heavy atom. The third-order valence-corrected chi connectivity index (χ3v) is 1.70. The van der Waals surface area contributed by atoms with Gasteiger partial charge < -0.3 is 5.11 Å². The molecule has 0 fully saturated rings. The van der Waals surface area contributed by atoms with Crippen LogP contribution in [-0.2, 0) is 0 Å². The van der Waals surface area contributed by atoms with Crippen LogP contribution in [-0.4, -0.2) is 10.7 Å². The van der Waals surface area contributed by atoms with E-state index in [9.17, 15) is 5.11 Å². The highest BCUT2D eigenvalue weighted by molar-refractivity contribution is 4.67. The molecule has 66 valence electrons. The van der Waals surface area contributed by atoms with Crippen molar-refractivity contribution in [3.8, 4) is 0 Å². The van der Waals surface area contributed by atoms with E-state index in [0.29, 0.717) is 0 Å². The van der Waals surface area contributed by atoms with Crippen LogP contribution < -0.4 is 0 Å². The van der Waals surface area contributed by atoms with E-state index in [-0.39, 0.29) is 0 Å². The fraction of sp³-hybridized carbons (Fsp3) is 0.800. The molecule has 0 aliphatic rings. The van der Waals surface area contributed by atoms with Gasteiger partial charge in [-0.05, 0) is 33.1 Å². The van der Waals surface area contributed by atoms with Crippen LogP contribution in [0.15, 0.2) is 12.7 Å². The Hall–Kier alpha value is -0.300. The zero-order valence-electron chi connectivity index (χ0n) is 7.77. The Morgan fingerprint density at radius 2 is 1.91 bits per heavy atom. The summed E-state index contributed by atoms with van der Waals surface area (Å²) in [5.41, 5.74) is -0.478. The molecular weight excluding hydrogens is 136 g/mol. The molecule has 0 unspecified atom stereocenters. The van der Waals surface area contributed by atoms with Crippen LogP contribution >= 0.6 is 0 Å². The lowest BCUT2D eigenvalue weighted by Crippen LogP contribution is -2.17. The summed E-state index contributed by atoms with van der Waals surface area (Å²) < 4.78 is 0. The highest BCUT2D eigenvalue weighted by Gasteiger charge is 2.10. The Labute approximate surface area is 70.1 Å². The zero-order valence-corrected chi connectivity index (χ0v) is 7.77. The normalized spacial score (nSPS) is 11.5. The lowest BCUT2D eigenvalue weighted by Gasteiger charge is -2.15. The van der Waals surface area contributed by atoms with E-state index in [1.165, 1.54) is 12.8 Å². The highest BCUT2D eigenvalue weighted by atomic mass is 16.3. The minimum absolute atomic E-state index is 0.478. The smallest absolute Gasteiger partial charge is 0.0591 e. The summed E-state index contributed by atoms with van der Waals surface area (Å²) in [4.78, 5) is 0. The van der Waals surface area contributed by atoms with Crippen molar-refractivity contribution in [3.05, 3.63) is 12.7 Å². The average molecular weight is 156 g/mol. The van der Waals surface area contributed by atoms with E-state index >= 15 is 0 Å². The predicted molar refractivity (Wildman–Crippen MR) is 49.6 cm³/mol. The number of allylic oxidation sites excluding steroid dienone is 1. The Morgan fingerprint density at radius 3 is 2.36 bits per heavy atom. The van der Waals surface area contributed by atoms with Crippen molar-refractivity contribution >= 4 is 0 Å². The minimum Gasteiger partial charge on any atom is -0.390 e. The van der Waals surface area contributed by atoms with Gasteiger partial charge in [0, 0.05) is 0 Å². The second kappa shape index (κ2) is 5.36. The van der Waals surface area contributed by atoms with Gasteiger partial charge >= 0.3 is 0 Å². The molecule has 0 aliphatic heterocycles. The maximum Gasteiger partial charge on any atom is 0.0591 e. The Balaban J connectivity index is 3.08. The maximum absolute atomic E-state index is 9.35. The van der Waals surface area contributed by atoms with Crippen molar-refractivity contribution in [3.63, 3.8) is 0 Å². The standard InChI is InChI=1S/C10H20O/c1-4-5-6-7-8-9-10(2,3)11/h4,11H,1,5-9H2,2-3H3. The van der Waals surface area contributed by atoms with Crippen LogP contribution in [0.3, 0.4) is 0 Å². The monoisotopic (exact) mass is 156 g/mol. The zero-order chi connectivity index (χ0) is 8.74. The number of aliphatic hydroxyl groups is 1. The van der Waals surface area contributed by atoms with Crippen molar-refractivity contribution in [2.45, 2.75) is 51.6 Å². The maximum atomic E-state index is 9.35. The van der Waals surface area contributed by atoms with Crippen molar-refractivity contribution in [2.24, 2.45) is 0 Å². The van der Waals surface area contributed by atoms with Crippen LogP contribution in [0.1, 0.15) is 46.0 Å². The van der Waals surface area contributed by atoms with E-state index < -0.39 is 5.60 Å². The van der Waals surface area contributed by atoms with Gasteiger partial charge in [-0.3, -0.25) is 0 Å². The molecule has 0 heterocycles. The summed E-state index contributed by atoms with van der Waals surface area (Å²) in [7, 11) is 0. The topological polar surface area (TPSA) is 20.2 Å². The number of rotatable bonds is 6. The molecule has 0 aromatic rings. The highest BCUT2D eigenvalue weighted by Crippen LogP contribution is 2.13. The molecule has 0 radical (unpaired) electrons. The first-order valence-corrected chi connectivity index (χ1v) is 4.39. The summed E-state index contributed by atoms with van der Waals surface area (Å²) in [5.74, 6) is 0. The molecule has 1 heteroatoms. The molecule has 0 aromatic heterocycles. The summed E-state index contributed by atoms with van der Waals surface area (Å²) in [6, 6.07) is 0. The van der Waals surface area contributed by atoms with Crippen LogP contribution in [0.2, 0.25) is 0 Å². The number of hydrogen-bond acceptors (Lipinski definition) is 1. The molecule has 0 spiro atoms. The molecule has 0 saturated carbocycles. The molecule has 0 saturated heterocycles. The fourth-order valence-corrected chi connectivity index (χ4v) is 1.02. The first-order chi connectivity index (χ1) is 5.06. The Bertz CT molecular complexity index is 99.9. The molecule has 1 N–H and O–H groups in total. The van der Waals surface area contributed by atoms with Gasteiger partial charge in [-0.15, -0.1) is 6.58 Å². The number of hydrogen-bond donors (Lipinski definition) is 1. The molecule has 0 aliphatic carbocycles. The van der Waals surface area contributed by atoms with Crippen LogP contribution in [0.4, 0.5) is 0 Å². The van der Waals surface area contributed by atoms with Gasteiger partial charge in [-0.25, -0.2) is 0 Å². The molecule has 0 atom stereocenters. The average Bonchev–Trinajstić information content (AvgIpc) is 1.85. The third-order valence-electron chi connectivity index (χ3n) is 1.70. The van der Waals surface area contributed by atoms with Crippen LogP contribution in [0.25, 0.3) is 0 Å². The van der Waals surface area contributed by atoms with E-state index in [4.69, 9.17) is 0 Å². The summed E-state index contributed by atoms with van der Waals surface area (Å²) in [6.07, 6.45) is 7.49. The molecule has 11 heavy (non-hydrogen) atoms. The lowest BCUT2D eigenvalue weighted by molar-refractivity contribution is 0.0681. The van der Waals surface area contributed by atoms with Gasteiger partial charge in [0.25, 0.3) is 0 Å². The first kappa shape index (κ1) is 10.7. The molecule has 0 bridgehead atoms. The third kappa shape index (κ3) is 9.70. The molecule has 0 aromatic carbocycles. The summed E-state index contributed by atoms with van der Waals surface area (Å²) in [5, 5.41) is 9.35. The van der Waals surface area contributed by atoms with Gasteiger partial charge in [-0.1, -0.05) is 18.9 Å². The summed E-state index contributed by atoms with van der Waals surface area (Å²) in [6.45, 7) is 7.38. The predicted octanol–water partition coefficient (Wildman–Crippen LogP) is 2.89. The van der Waals surface area contributed by atoms with E-state index in [2.05, 4.69) is 6.58 Å². The van der Waals surface area contributed by atoms with E-state index in [1.807, 2.05) is 19.9 Å². The van der Waals surface area contributed by atoms with Gasteiger partial charge in [-0.2, -0.15) is 0 Å². The molecular formula is C10H20O. The number of unbranched alkanes of at least 4 members (excludes halogenated alkanes) is 3. The summed E-state index contributed by atoms with van der Waals surface area (Å²) >= 11 is 0. The second-order valence-electron chi connectivity index (χ2n) is 3.70. The van der Waals surface area contributed by atoms with Crippen molar-refractivity contribution in [1.29, 1.82) is 0 Å². The molecule has 1 nitrogen and oxygen atoms in total. The van der Waals surface area contributed by atoms with Crippen molar-refractivity contribution < 1.29 is 5.11 Å². The van der Waals surface area contributed by atoms with Crippen molar-refractivity contribution in [1.82, 2.24) is 0 Å². The van der Waals surface area contributed by atoms with E-state index in [0.717, 1.165) is 19.3 Å². The fourth-order valence-electron chi connectivity index (χ4n) is 1.02. The second-order valence-corrected chi connectivity index (χ2v) is 3.70. The largest absolute Gasteiger partial charge is 0.390 e. The van der Waals surface area contributed by atoms with Gasteiger partial charge in [0.15, 0.2) is 0 Å². The molecule has 0 rings (SSSR count). The van der Waals surface area contributed by atoms with Gasteiger partial charge in [0.1, 0.15) is 0 Å². The lowest BCUT2D eigenvalue weighted by atomic mass is 10.0. The van der Waals surface area contributed by atoms with Gasteiger partial charge in [0.05, 0.1) is 5.60 Å². The molecule has 0 amide bonds. The van der Waals surface area contributed by atoms with Gasteiger partial charge in [0.2, 0.25) is 0 Å². The van der Waals surface area contributed by atoms with E-state index in [1.54, 1.807) is 0 Å².